The second-order valence-corrected chi connectivity index (χ2v) is 25.3. The van der Waals surface area contributed by atoms with Gasteiger partial charge in [-0.1, -0.05) is 322 Å². The van der Waals surface area contributed by atoms with Gasteiger partial charge in [-0.3, -0.25) is 18.6 Å². The van der Waals surface area contributed by atoms with E-state index in [1.807, 2.05) is 21.1 Å². The number of likely N-dealkylation sites (N-methyl/N-ethyl adjacent to an activating group) is 1. The molecule has 2 unspecified atom stereocenters. The fourth-order valence-electron chi connectivity index (χ4n) is 10.1. The Morgan fingerprint density at radius 1 is 0.365 bits per heavy atom. The molecule has 0 fully saturated rings. The Bertz CT molecular complexity index is 1210. The van der Waals surface area contributed by atoms with Crippen molar-refractivity contribution in [3.8, 4) is 0 Å². The van der Waals surface area contributed by atoms with E-state index in [1.54, 1.807) is 0 Å². The number of ether oxygens (including phenoxy) is 2. The molecule has 0 heterocycles. The fraction of sp³-hybridized carbons (Fsp3) is 0.969. The topological polar surface area (TPSA) is 108 Å². The summed E-state index contributed by atoms with van der Waals surface area (Å²) in [6.07, 6.45) is 66.2. The van der Waals surface area contributed by atoms with Crippen LogP contribution in [0.25, 0.3) is 0 Å². The molecule has 0 rings (SSSR count). The highest BCUT2D eigenvalue weighted by Crippen LogP contribution is 2.43. The Hall–Kier alpha value is -0.990. The van der Waals surface area contributed by atoms with Crippen molar-refractivity contribution in [1.29, 1.82) is 0 Å². The van der Waals surface area contributed by atoms with E-state index < -0.39 is 26.5 Å². The normalized spacial score (nSPS) is 13.1. The van der Waals surface area contributed by atoms with Gasteiger partial charge in [-0.25, -0.2) is 4.57 Å². The van der Waals surface area contributed by atoms with E-state index in [9.17, 15) is 19.0 Å². The second-order valence-electron chi connectivity index (χ2n) is 23.9. The predicted octanol–water partition coefficient (Wildman–Crippen LogP) is 20.6. The number of rotatable bonds is 62. The lowest BCUT2D eigenvalue weighted by Crippen LogP contribution is -2.37. The molecule has 0 radical (unpaired) electrons. The maximum Gasteiger partial charge on any atom is 0.472 e. The fourth-order valence-corrected chi connectivity index (χ4v) is 10.8. The molecule has 0 aromatic heterocycles. The number of carbonyl (C=O) groups is 2. The van der Waals surface area contributed by atoms with Gasteiger partial charge in [-0.15, -0.1) is 0 Å². The minimum atomic E-state index is -4.38. The smallest absolute Gasteiger partial charge is 0.462 e. The molecule has 0 amide bonds. The summed E-state index contributed by atoms with van der Waals surface area (Å²) in [5.74, 6) is -0.769. The molecule has 0 aliphatic rings. The maximum atomic E-state index is 12.8. The van der Waals surface area contributed by atoms with Crippen LogP contribution in [0.2, 0.25) is 0 Å². The van der Waals surface area contributed by atoms with E-state index >= 15 is 0 Å². The third kappa shape index (κ3) is 60.2. The average Bonchev–Trinajstić information content (AvgIpc) is 3.36. The summed E-state index contributed by atoms with van der Waals surface area (Å²) < 4.78 is 34.7. The van der Waals surface area contributed by atoms with Crippen molar-refractivity contribution in [2.45, 2.75) is 354 Å². The largest absolute Gasteiger partial charge is 0.472 e. The number of esters is 2. The first-order chi connectivity index (χ1) is 36.0. The lowest BCUT2D eigenvalue weighted by Gasteiger charge is -2.24. The number of nitrogens with zero attached hydrogens (tertiary/aromatic N) is 1. The monoisotopic (exact) mass is 1070 g/mol. The van der Waals surface area contributed by atoms with E-state index in [-0.39, 0.29) is 25.6 Å². The minimum Gasteiger partial charge on any atom is -0.462 e. The van der Waals surface area contributed by atoms with Gasteiger partial charge in [0.2, 0.25) is 0 Å². The SMILES string of the molecule is CCCCCCCCCCCCCCCCCCCCCCCCCCCCCCC(=O)OC(COC(=O)CCCCCCCCCCCCCCCCCCCCCCCC)COP(=O)(O)OCC[N+](C)(C)C. The van der Waals surface area contributed by atoms with Crippen molar-refractivity contribution >= 4 is 19.8 Å². The number of hydrogen-bond acceptors (Lipinski definition) is 7. The van der Waals surface area contributed by atoms with E-state index in [1.165, 1.54) is 283 Å². The van der Waals surface area contributed by atoms with Crippen LogP contribution in [0, 0.1) is 0 Å². The molecule has 0 aromatic rings. The van der Waals surface area contributed by atoms with Crippen molar-refractivity contribution in [3.05, 3.63) is 0 Å². The number of carbonyl (C=O) groups excluding carboxylic acids is 2. The average molecular weight is 1070 g/mol. The number of hydrogen-bond donors (Lipinski definition) is 1. The van der Waals surface area contributed by atoms with Gasteiger partial charge < -0.3 is 18.9 Å². The van der Waals surface area contributed by atoms with Crippen LogP contribution in [-0.4, -0.2) is 74.9 Å². The number of phosphoric acid groups is 1. The van der Waals surface area contributed by atoms with Crippen LogP contribution in [0.4, 0.5) is 0 Å². The molecule has 0 saturated carbocycles. The Labute approximate surface area is 461 Å². The van der Waals surface area contributed by atoms with Crippen LogP contribution in [0.1, 0.15) is 348 Å². The lowest BCUT2D eigenvalue weighted by atomic mass is 10.0. The van der Waals surface area contributed by atoms with Gasteiger partial charge in [-0.05, 0) is 12.8 Å². The summed E-state index contributed by atoms with van der Waals surface area (Å²) in [5, 5.41) is 0. The summed E-state index contributed by atoms with van der Waals surface area (Å²) in [6, 6.07) is 0. The van der Waals surface area contributed by atoms with Crippen molar-refractivity contribution in [2.75, 3.05) is 47.5 Å². The minimum absolute atomic E-state index is 0.0376. The molecule has 0 bridgehead atoms. The zero-order valence-corrected chi connectivity index (χ0v) is 51.3. The van der Waals surface area contributed by atoms with Gasteiger partial charge in [0.05, 0.1) is 27.7 Å². The molecule has 74 heavy (non-hydrogen) atoms. The zero-order valence-electron chi connectivity index (χ0n) is 50.4. The van der Waals surface area contributed by atoms with Gasteiger partial charge in [0.15, 0.2) is 6.10 Å². The van der Waals surface area contributed by atoms with Crippen LogP contribution in [0.5, 0.6) is 0 Å². The third-order valence-corrected chi connectivity index (χ3v) is 16.1. The van der Waals surface area contributed by atoms with E-state index in [0.717, 1.165) is 38.5 Å². The number of phosphoric ester groups is 1. The van der Waals surface area contributed by atoms with Crippen molar-refractivity contribution in [3.63, 3.8) is 0 Å². The lowest BCUT2D eigenvalue weighted by molar-refractivity contribution is -0.870. The third-order valence-electron chi connectivity index (χ3n) is 15.1. The second kappa shape index (κ2) is 56.7. The molecular weight excluding hydrogens is 942 g/mol. The van der Waals surface area contributed by atoms with Gasteiger partial charge in [0.1, 0.15) is 19.8 Å². The molecule has 442 valence electrons. The van der Waals surface area contributed by atoms with Crippen LogP contribution in [-0.2, 0) is 32.7 Å². The van der Waals surface area contributed by atoms with E-state index in [4.69, 9.17) is 18.5 Å². The number of unbranched alkanes of at least 4 members (excludes halogenated alkanes) is 48. The highest BCUT2D eigenvalue weighted by atomic mass is 31.2. The van der Waals surface area contributed by atoms with Crippen LogP contribution in [0.15, 0.2) is 0 Å². The van der Waals surface area contributed by atoms with Gasteiger partial charge in [0, 0.05) is 12.8 Å². The van der Waals surface area contributed by atoms with Gasteiger partial charge in [0.25, 0.3) is 0 Å². The predicted molar refractivity (Wildman–Crippen MR) is 317 cm³/mol. The van der Waals surface area contributed by atoms with Crippen molar-refractivity contribution in [2.24, 2.45) is 0 Å². The molecule has 0 aliphatic carbocycles. The first-order valence-corrected chi connectivity index (χ1v) is 34.3. The molecule has 0 aliphatic heterocycles. The van der Waals surface area contributed by atoms with Gasteiger partial charge in [-0.2, -0.15) is 0 Å². The Balaban J connectivity index is 4.01. The summed E-state index contributed by atoms with van der Waals surface area (Å²) in [5.41, 5.74) is 0. The Morgan fingerprint density at radius 3 is 0.865 bits per heavy atom. The highest BCUT2D eigenvalue weighted by molar-refractivity contribution is 7.47. The molecule has 9 nitrogen and oxygen atoms in total. The molecule has 0 saturated heterocycles. The molecule has 0 aromatic carbocycles. The first kappa shape index (κ1) is 73.0. The maximum absolute atomic E-state index is 12.8. The van der Waals surface area contributed by atoms with Crippen LogP contribution in [0.3, 0.4) is 0 Å². The van der Waals surface area contributed by atoms with E-state index in [2.05, 4.69) is 13.8 Å². The van der Waals surface area contributed by atoms with Crippen molar-refractivity contribution in [1.82, 2.24) is 0 Å². The van der Waals surface area contributed by atoms with Crippen molar-refractivity contribution < 1.29 is 42.1 Å². The summed E-state index contributed by atoms with van der Waals surface area (Å²) in [6.45, 7) is 4.52. The summed E-state index contributed by atoms with van der Waals surface area (Å²) in [4.78, 5) is 35.8. The molecule has 0 spiro atoms. The molecule has 10 heteroatoms. The Kier molecular flexibility index (Phi) is 56.0. The quantitative estimate of drug-likeness (QED) is 0.0278. The standard InChI is InChI=1S/C64H128NO8P/c1-6-8-10-12-14-16-18-20-22-24-26-28-30-31-32-33-34-35-37-39-41-43-45-47-49-51-53-55-57-64(67)73-62(61-72-74(68,69)71-59-58-65(3,4)5)60-70-63(66)56-54-52-50-48-46-44-42-40-38-36-29-27-25-23-21-19-17-15-13-11-9-7-2/h62H,6-61H2,1-5H3/p+1. The molecule has 1 N–H and O–H groups in total. The Morgan fingerprint density at radius 2 is 0.608 bits per heavy atom. The van der Waals surface area contributed by atoms with Crippen LogP contribution >= 0.6 is 7.82 Å². The molecule has 2 atom stereocenters. The zero-order chi connectivity index (χ0) is 54.2. The van der Waals surface area contributed by atoms with E-state index in [0.29, 0.717) is 17.4 Å². The summed E-state index contributed by atoms with van der Waals surface area (Å²) >= 11 is 0. The number of quaternary nitrogens is 1. The highest BCUT2D eigenvalue weighted by Gasteiger charge is 2.27. The first-order valence-electron chi connectivity index (χ1n) is 32.8. The molecular formula is C64H129NO8P+. The summed E-state index contributed by atoms with van der Waals surface area (Å²) in [7, 11) is 1.51. The van der Waals surface area contributed by atoms with Gasteiger partial charge >= 0.3 is 19.8 Å². The van der Waals surface area contributed by atoms with Crippen LogP contribution < -0.4 is 0 Å².